The second kappa shape index (κ2) is 7.66. The van der Waals surface area contributed by atoms with Crippen LogP contribution in [0, 0.1) is 0 Å². The van der Waals surface area contributed by atoms with E-state index in [1.54, 1.807) is 4.90 Å². The van der Waals surface area contributed by atoms with Gasteiger partial charge in [-0.3, -0.25) is 9.59 Å². The van der Waals surface area contributed by atoms with Gasteiger partial charge in [-0.25, -0.2) is 0 Å². The first-order valence-corrected chi connectivity index (χ1v) is 8.31. The van der Waals surface area contributed by atoms with Crippen LogP contribution in [0.1, 0.15) is 38.7 Å². The minimum Gasteiger partial charge on any atom is -0.491 e. The number of hydrogen-bond acceptors (Lipinski definition) is 4. The number of piperidine rings is 1. The van der Waals surface area contributed by atoms with Crippen LogP contribution in [0.15, 0.2) is 24.3 Å². The molecular formula is C18H26N2O4. The van der Waals surface area contributed by atoms with Crippen LogP contribution in [-0.4, -0.2) is 46.6 Å². The van der Waals surface area contributed by atoms with Crippen LogP contribution in [-0.2, 0) is 16.0 Å². The summed E-state index contributed by atoms with van der Waals surface area (Å²) >= 11 is 0. The Kier molecular flexibility index (Phi) is 5.83. The molecule has 1 atom stereocenters. The number of carbonyl (C=O) groups excluding carboxylic acids is 2. The minimum absolute atomic E-state index is 0.0701. The number of likely N-dealkylation sites (tertiary alicyclic amines) is 1. The van der Waals surface area contributed by atoms with Crippen LogP contribution in [0.3, 0.4) is 0 Å². The van der Waals surface area contributed by atoms with E-state index in [0.717, 1.165) is 11.3 Å². The van der Waals surface area contributed by atoms with Gasteiger partial charge in [0.2, 0.25) is 11.8 Å². The number of carbonyl (C=O) groups is 2. The summed E-state index contributed by atoms with van der Waals surface area (Å²) in [4.78, 5) is 25.3. The van der Waals surface area contributed by atoms with Gasteiger partial charge >= 0.3 is 0 Å². The Morgan fingerprint density at radius 2 is 2.17 bits per heavy atom. The quantitative estimate of drug-likeness (QED) is 0.819. The van der Waals surface area contributed by atoms with Gasteiger partial charge in [-0.1, -0.05) is 12.1 Å². The smallest absolute Gasteiger partial charge is 0.227 e. The van der Waals surface area contributed by atoms with Crippen molar-refractivity contribution in [2.45, 2.75) is 51.2 Å². The van der Waals surface area contributed by atoms with Gasteiger partial charge in [0.15, 0.2) is 0 Å². The van der Waals surface area contributed by atoms with Gasteiger partial charge < -0.3 is 20.5 Å². The second-order valence-corrected chi connectivity index (χ2v) is 6.78. The van der Waals surface area contributed by atoms with Crippen molar-refractivity contribution in [2.75, 3.05) is 13.1 Å². The van der Waals surface area contributed by atoms with Gasteiger partial charge in [-0.05, 0) is 44.4 Å². The monoisotopic (exact) mass is 334 g/mol. The third-order valence-electron chi connectivity index (χ3n) is 4.04. The van der Waals surface area contributed by atoms with Gasteiger partial charge in [-0.2, -0.15) is 0 Å². The zero-order chi connectivity index (χ0) is 17.7. The summed E-state index contributed by atoms with van der Waals surface area (Å²) in [5, 5.41) is 10.5. The lowest BCUT2D eigenvalue weighted by molar-refractivity contribution is -0.141. The fraction of sp³-hybridized carbons (Fsp3) is 0.556. The third-order valence-corrected chi connectivity index (χ3v) is 4.04. The molecule has 0 saturated carbocycles. The number of β-amino-alcohol motifs (C(OH)–C–C–N with tert-alkyl or cyclic N) is 1. The topological polar surface area (TPSA) is 92.9 Å². The molecule has 1 aromatic carbocycles. The van der Waals surface area contributed by atoms with Crippen molar-refractivity contribution < 1.29 is 19.4 Å². The summed E-state index contributed by atoms with van der Waals surface area (Å²) in [7, 11) is 0. The highest BCUT2D eigenvalue weighted by Gasteiger charge is 2.36. The van der Waals surface area contributed by atoms with Crippen molar-refractivity contribution in [3.63, 3.8) is 0 Å². The lowest BCUT2D eigenvalue weighted by Gasteiger charge is -2.38. The van der Waals surface area contributed by atoms with E-state index in [4.69, 9.17) is 10.5 Å². The molecule has 6 nitrogen and oxygen atoms in total. The Morgan fingerprint density at radius 1 is 1.42 bits per heavy atom. The molecule has 1 fully saturated rings. The number of nitrogens with zero attached hydrogens (tertiary/aromatic N) is 1. The normalized spacial score (nSPS) is 20.9. The first kappa shape index (κ1) is 18.3. The Labute approximate surface area is 142 Å². The van der Waals surface area contributed by atoms with Crippen LogP contribution in [0.4, 0.5) is 0 Å². The van der Waals surface area contributed by atoms with E-state index in [9.17, 15) is 14.7 Å². The molecule has 6 heteroatoms. The van der Waals surface area contributed by atoms with E-state index < -0.39 is 11.5 Å². The third kappa shape index (κ3) is 5.23. The van der Waals surface area contributed by atoms with Crippen molar-refractivity contribution >= 4 is 11.8 Å². The van der Waals surface area contributed by atoms with Gasteiger partial charge in [-0.15, -0.1) is 0 Å². The van der Waals surface area contributed by atoms with Crippen LogP contribution >= 0.6 is 0 Å². The maximum Gasteiger partial charge on any atom is 0.227 e. The molecule has 0 aliphatic carbocycles. The highest BCUT2D eigenvalue weighted by molar-refractivity contribution is 5.79. The first-order chi connectivity index (χ1) is 11.3. The molecule has 1 aliphatic rings. The van der Waals surface area contributed by atoms with Crippen LogP contribution in [0.5, 0.6) is 5.75 Å². The SMILES string of the molecule is CC(C)Oc1cccc(CC(=O)N2CCCC(O)(CC(N)=O)C2)c1. The molecule has 1 saturated heterocycles. The Bertz CT molecular complexity index is 602. The van der Waals surface area contributed by atoms with E-state index in [1.807, 2.05) is 38.1 Å². The maximum atomic E-state index is 12.5. The molecule has 3 N–H and O–H groups in total. The number of aliphatic hydroxyl groups is 1. The predicted molar refractivity (Wildman–Crippen MR) is 90.5 cm³/mol. The number of benzene rings is 1. The lowest BCUT2D eigenvalue weighted by atomic mass is 9.89. The fourth-order valence-electron chi connectivity index (χ4n) is 3.08. The van der Waals surface area contributed by atoms with Gasteiger partial charge in [0, 0.05) is 13.1 Å². The molecule has 2 rings (SSSR count). The summed E-state index contributed by atoms with van der Waals surface area (Å²) < 4.78 is 5.64. The fourth-order valence-corrected chi connectivity index (χ4v) is 3.08. The van der Waals surface area contributed by atoms with E-state index in [2.05, 4.69) is 0 Å². The standard InChI is InChI=1S/C18H26N2O4/c1-13(2)24-15-6-3-5-14(9-15)10-17(22)20-8-4-7-18(23,12-20)11-16(19)21/h3,5-6,9,13,23H,4,7-8,10-12H2,1-2H3,(H2,19,21). The summed E-state index contributed by atoms with van der Waals surface area (Å²) in [5.41, 5.74) is 4.85. The van der Waals surface area contributed by atoms with Gasteiger partial charge in [0.1, 0.15) is 5.75 Å². The molecule has 0 bridgehead atoms. The first-order valence-electron chi connectivity index (χ1n) is 8.31. The summed E-state index contributed by atoms with van der Waals surface area (Å²) in [6, 6.07) is 7.46. The zero-order valence-corrected chi connectivity index (χ0v) is 14.3. The van der Waals surface area contributed by atoms with E-state index in [1.165, 1.54) is 0 Å². The number of nitrogens with two attached hydrogens (primary N) is 1. The number of primary amides is 1. The second-order valence-electron chi connectivity index (χ2n) is 6.78. The molecule has 132 valence electrons. The lowest BCUT2D eigenvalue weighted by Crippen LogP contribution is -2.52. The summed E-state index contributed by atoms with van der Waals surface area (Å²) in [5.74, 6) is 0.115. The zero-order valence-electron chi connectivity index (χ0n) is 14.3. The number of amides is 2. The molecular weight excluding hydrogens is 308 g/mol. The van der Waals surface area contributed by atoms with E-state index >= 15 is 0 Å². The highest BCUT2D eigenvalue weighted by Crippen LogP contribution is 2.25. The molecule has 1 aromatic rings. The van der Waals surface area contributed by atoms with Gasteiger partial charge in [0.05, 0.1) is 24.5 Å². The average Bonchev–Trinajstić information content (AvgIpc) is 2.45. The molecule has 0 radical (unpaired) electrons. The maximum absolute atomic E-state index is 12.5. The largest absolute Gasteiger partial charge is 0.491 e. The molecule has 1 aliphatic heterocycles. The van der Waals surface area contributed by atoms with Crippen molar-refractivity contribution in [3.05, 3.63) is 29.8 Å². The number of ether oxygens (including phenoxy) is 1. The number of hydrogen-bond donors (Lipinski definition) is 2. The highest BCUT2D eigenvalue weighted by atomic mass is 16.5. The molecule has 2 amide bonds. The molecule has 24 heavy (non-hydrogen) atoms. The van der Waals surface area contributed by atoms with Gasteiger partial charge in [0.25, 0.3) is 0 Å². The minimum atomic E-state index is -1.21. The predicted octanol–water partition coefficient (Wildman–Crippen LogP) is 1.25. The number of rotatable bonds is 6. The Morgan fingerprint density at radius 3 is 2.83 bits per heavy atom. The van der Waals surface area contributed by atoms with Crippen LogP contribution in [0.25, 0.3) is 0 Å². The van der Waals surface area contributed by atoms with Crippen LogP contribution in [0.2, 0.25) is 0 Å². The molecule has 1 unspecified atom stereocenters. The molecule has 0 aromatic heterocycles. The Balaban J connectivity index is 2.00. The van der Waals surface area contributed by atoms with Crippen molar-refractivity contribution in [3.8, 4) is 5.75 Å². The summed E-state index contributed by atoms with van der Waals surface area (Å²) in [6.07, 6.45) is 1.33. The van der Waals surface area contributed by atoms with E-state index in [0.29, 0.717) is 19.4 Å². The van der Waals surface area contributed by atoms with Crippen molar-refractivity contribution in [1.82, 2.24) is 4.90 Å². The molecule has 1 heterocycles. The molecule has 0 spiro atoms. The van der Waals surface area contributed by atoms with Crippen molar-refractivity contribution in [1.29, 1.82) is 0 Å². The average molecular weight is 334 g/mol. The van der Waals surface area contributed by atoms with Crippen LogP contribution < -0.4 is 10.5 Å². The Hall–Kier alpha value is -2.08. The van der Waals surface area contributed by atoms with E-state index in [-0.39, 0.29) is 31.4 Å². The van der Waals surface area contributed by atoms with Crippen molar-refractivity contribution in [2.24, 2.45) is 5.73 Å². The summed E-state index contributed by atoms with van der Waals surface area (Å²) in [6.45, 7) is 4.63.